The van der Waals surface area contributed by atoms with Gasteiger partial charge in [0.1, 0.15) is 0 Å². The number of amides is 3. The Labute approximate surface area is 187 Å². The van der Waals surface area contributed by atoms with Gasteiger partial charge in [0.05, 0.1) is 6.54 Å². The highest BCUT2D eigenvalue weighted by Crippen LogP contribution is 2.36. The molecule has 3 aromatic rings. The Hall–Kier alpha value is -3.73. The molecule has 0 radical (unpaired) electrons. The molecule has 1 aliphatic heterocycles. The summed E-state index contributed by atoms with van der Waals surface area (Å²) in [4.78, 5) is 40.8. The Morgan fingerprint density at radius 2 is 1.41 bits per heavy atom. The van der Waals surface area contributed by atoms with Crippen LogP contribution in [0.3, 0.4) is 0 Å². The van der Waals surface area contributed by atoms with Gasteiger partial charge in [-0.2, -0.15) is 0 Å². The van der Waals surface area contributed by atoms with E-state index in [1.807, 2.05) is 78.9 Å². The molecule has 1 N–H and O–H groups in total. The molecule has 0 saturated carbocycles. The van der Waals surface area contributed by atoms with Gasteiger partial charge in [-0.1, -0.05) is 72.8 Å². The lowest BCUT2D eigenvalue weighted by Gasteiger charge is -2.28. The molecular formula is C27H24N2O3. The minimum atomic E-state index is -1.35. The maximum Gasteiger partial charge on any atom is 0.325 e. The van der Waals surface area contributed by atoms with Crippen LogP contribution < -0.4 is 5.32 Å². The van der Waals surface area contributed by atoms with Gasteiger partial charge < -0.3 is 5.32 Å². The van der Waals surface area contributed by atoms with Gasteiger partial charge in [0, 0.05) is 5.56 Å². The number of ketones is 1. The van der Waals surface area contributed by atoms with Crippen LogP contribution in [0, 0.1) is 0 Å². The molecule has 1 fully saturated rings. The van der Waals surface area contributed by atoms with E-state index in [9.17, 15) is 14.4 Å². The fourth-order valence-corrected chi connectivity index (χ4v) is 4.80. The minimum absolute atomic E-state index is 0.237. The van der Waals surface area contributed by atoms with Crippen LogP contribution >= 0.6 is 0 Å². The molecule has 2 aliphatic rings. The van der Waals surface area contributed by atoms with Gasteiger partial charge in [0.25, 0.3) is 5.91 Å². The van der Waals surface area contributed by atoms with Crippen molar-refractivity contribution in [3.8, 4) is 0 Å². The number of aryl methyl sites for hydroxylation is 2. The van der Waals surface area contributed by atoms with E-state index in [1.54, 1.807) is 0 Å². The van der Waals surface area contributed by atoms with Crippen molar-refractivity contribution < 1.29 is 14.4 Å². The molecule has 1 saturated heterocycles. The first kappa shape index (κ1) is 20.2. The number of rotatable bonds is 5. The van der Waals surface area contributed by atoms with Gasteiger partial charge in [-0.05, 0) is 54.0 Å². The lowest BCUT2D eigenvalue weighted by atomic mass is 9.82. The number of hydrogen-bond donors (Lipinski definition) is 1. The van der Waals surface area contributed by atoms with Gasteiger partial charge in [0.2, 0.25) is 0 Å². The maximum absolute atomic E-state index is 13.7. The molecule has 0 spiro atoms. The van der Waals surface area contributed by atoms with Crippen molar-refractivity contribution in [3.05, 3.63) is 107 Å². The third-order valence-corrected chi connectivity index (χ3v) is 6.49. The summed E-state index contributed by atoms with van der Waals surface area (Å²) >= 11 is 0. The highest BCUT2D eigenvalue weighted by molar-refractivity contribution is 6.13. The smallest absolute Gasteiger partial charge is 0.315 e. The molecule has 5 rings (SSSR count). The Balaban J connectivity index is 1.48. The van der Waals surface area contributed by atoms with Crippen molar-refractivity contribution >= 4 is 17.7 Å². The Bertz CT molecular complexity index is 1150. The van der Waals surface area contributed by atoms with E-state index < -0.39 is 17.5 Å². The fourth-order valence-electron chi connectivity index (χ4n) is 4.80. The number of Topliss-reactive ketones (excluding diaryl/α,β-unsaturated/α-hetero) is 1. The van der Waals surface area contributed by atoms with Crippen LogP contribution in [0.4, 0.5) is 4.79 Å². The highest BCUT2D eigenvalue weighted by Gasteiger charge is 2.54. The number of fused-ring (bicyclic) bond motifs is 1. The van der Waals surface area contributed by atoms with Crippen molar-refractivity contribution in [1.82, 2.24) is 10.2 Å². The molecule has 160 valence electrons. The summed E-state index contributed by atoms with van der Waals surface area (Å²) in [6.45, 7) is -0.287. The van der Waals surface area contributed by atoms with Gasteiger partial charge in [-0.25, -0.2) is 4.79 Å². The van der Waals surface area contributed by atoms with Crippen LogP contribution in [0.1, 0.15) is 45.5 Å². The first-order valence-corrected chi connectivity index (χ1v) is 11.0. The van der Waals surface area contributed by atoms with E-state index in [0.29, 0.717) is 16.7 Å². The van der Waals surface area contributed by atoms with Crippen LogP contribution in [-0.2, 0) is 23.2 Å². The summed E-state index contributed by atoms with van der Waals surface area (Å²) in [6, 6.07) is 23.5. The topological polar surface area (TPSA) is 66.5 Å². The van der Waals surface area contributed by atoms with Crippen LogP contribution in [0.25, 0.3) is 0 Å². The third kappa shape index (κ3) is 3.30. The third-order valence-electron chi connectivity index (χ3n) is 6.49. The summed E-state index contributed by atoms with van der Waals surface area (Å²) < 4.78 is 0. The monoisotopic (exact) mass is 424 g/mol. The number of nitrogens with zero attached hydrogens (tertiary/aromatic N) is 1. The number of urea groups is 1. The SMILES string of the molecule is O=C(CN1C(=O)NC(c2ccccc2)(c2ccccc2)C1=O)c1ccc2c(c1)CCCC2. The molecule has 0 atom stereocenters. The number of hydrogen-bond acceptors (Lipinski definition) is 3. The second-order valence-corrected chi connectivity index (χ2v) is 8.42. The van der Waals surface area contributed by atoms with Crippen LogP contribution in [0.2, 0.25) is 0 Å². The van der Waals surface area contributed by atoms with Crippen molar-refractivity contribution in [2.24, 2.45) is 0 Å². The summed E-state index contributed by atoms with van der Waals surface area (Å²) in [5, 5.41) is 2.89. The number of carbonyl (C=O) groups is 3. The second kappa shape index (κ2) is 8.08. The molecule has 0 aromatic heterocycles. The predicted octanol–water partition coefficient (Wildman–Crippen LogP) is 4.24. The molecule has 0 unspecified atom stereocenters. The first-order valence-electron chi connectivity index (χ1n) is 11.0. The number of carbonyl (C=O) groups excluding carboxylic acids is 3. The summed E-state index contributed by atoms with van der Waals surface area (Å²) in [5.74, 6) is -0.676. The van der Waals surface area contributed by atoms with Gasteiger partial charge >= 0.3 is 6.03 Å². The first-order chi connectivity index (χ1) is 15.6. The molecule has 3 aromatic carbocycles. The van der Waals surface area contributed by atoms with Gasteiger partial charge in [-0.3, -0.25) is 14.5 Å². The quantitative estimate of drug-likeness (QED) is 0.492. The Kier molecular flexibility index (Phi) is 5.10. The number of imide groups is 1. The molecule has 5 nitrogen and oxygen atoms in total. The van der Waals surface area contributed by atoms with Crippen LogP contribution in [0.15, 0.2) is 78.9 Å². The van der Waals surface area contributed by atoms with E-state index in [4.69, 9.17) is 0 Å². The molecule has 0 bridgehead atoms. The zero-order chi connectivity index (χ0) is 22.1. The van der Waals surface area contributed by atoms with Crippen molar-refractivity contribution in [2.45, 2.75) is 31.2 Å². The molecule has 1 heterocycles. The Morgan fingerprint density at radius 1 is 0.812 bits per heavy atom. The van der Waals surface area contributed by atoms with Crippen LogP contribution in [0.5, 0.6) is 0 Å². The zero-order valence-electron chi connectivity index (χ0n) is 17.7. The molecule has 1 aliphatic carbocycles. The Morgan fingerprint density at radius 3 is 2.03 bits per heavy atom. The van der Waals surface area contributed by atoms with E-state index in [2.05, 4.69) is 5.32 Å². The number of nitrogens with one attached hydrogen (secondary N) is 1. The fraction of sp³-hybridized carbons (Fsp3) is 0.222. The number of benzene rings is 3. The predicted molar refractivity (Wildman–Crippen MR) is 121 cm³/mol. The van der Waals surface area contributed by atoms with Crippen molar-refractivity contribution in [1.29, 1.82) is 0 Å². The highest BCUT2D eigenvalue weighted by atomic mass is 16.2. The van der Waals surface area contributed by atoms with Crippen molar-refractivity contribution in [3.63, 3.8) is 0 Å². The van der Waals surface area contributed by atoms with E-state index in [0.717, 1.165) is 24.2 Å². The van der Waals surface area contributed by atoms with Gasteiger partial charge in [-0.15, -0.1) is 0 Å². The molecule has 3 amide bonds. The zero-order valence-corrected chi connectivity index (χ0v) is 17.7. The standard InChI is InChI=1S/C27H24N2O3/c30-24(21-16-15-19-9-7-8-10-20(19)17-21)18-29-25(31)27(28-26(29)32,22-11-3-1-4-12-22)23-13-5-2-6-14-23/h1-6,11-17H,7-10,18H2,(H,28,32). The largest absolute Gasteiger partial charge is 0.325 e. The summed E-state index contributed by atoms with van der Waals surface area (Å²) in [5.41, 5.74) is 3.00. The average molecular weight is 425 g/mol. The van der Waals surface area contributed by atoms with Crippen LogP contribution in [-0.4, -0.2) is 29.2 Å². The van der Waals surface area contributed by atoms with E-state index in [1.165, 1.54) is 17.5 Å². The minimum Gasteiger partial charge on any atom is -0.315 e. The summed E-state index contributed by atoms with van der Waals surface area (Å²) in [7, 11) is 0. The molecule has 32 heavy (non-hydrogen) atoms. The molecular weight excluding hydrogens is 400 g/mol. The normalized spacial score (nSPS) is 17.1. The second-order valence-electron chi connectivity index (χ2n) is 8.42. The van der Waals surface area contributed by atoms with E-state index >= 15 is 0 Å². The molecule has 5 heteroatoms. The van der Waals surface area contributed by atoms with Crippen molar-refractivity contribution in [2.75, 3.05) is 6.54 Å². The summed E-state index contributed by atoms with van der Waals surface area (Å²) in [6.07, 6.45) is 4.29. The van der Waals surface area contributed by atoms with Gasteiger partial charge in [0.15, 0.2) is 11.3 Å². The maximum atomic E-state index is 13.7. The average Bonchev–Trinajstić information content (AvgIpc) is 3.10. The van der Waals surface area contributed by atoms with E-state index in [-0.39, 0.29) is 12.3 Å². The lowest BCUT2D eigenvalue weighted by molar-refractivity contribution is -0.129. The lowest BCUT2D eigenvalue weighted by Crippen LogP contribution is -2.45.